The average Bonchev–Trinajstić information content (AvgIpc) is 2.57. The molecule has 0 radical (unpaired) electrons. The number of anilines is 1. The van der Waals surface area contributed by atoms with Crippen LogP contribution in [0.5, 0.6) is 5.75 Å². The lowest BCUT2D eigenvalue weighted by Gasteiger charge is -2.38. The normalized spacial score (nSPS) is 20.6. The average molecular weight is 339 g/mol. The van der Waals surface area contributed by atoms with Gasteiger partial charge in [0.2, 0.25) is 11.4 Å². The second-order valence-corrected chi connectivity index (χ2v) is 7.40. The summed E-state index contributed by atoms with van der Waals surface area (Å²) in [6.07, 6.45) is 0. The summed E-state index contributed by atoms with van der Waals surface area (Å²) in [4.78, 5) is 27.4. The molecular formula is C20H21NO4. The maximum atomic E-state index is 13.1. The molecule has 0 fully saturated rings. The Morgan fingerprint density at radius 3 is 2.32 bits per heavy atom. The van der Waals surface area contributed by atoms with E-state index in [2.05, 4.69) is 0 Å². The second-order valence-electron chi connectivity index (χ2n) is 7.40. The van der Waals surface area contributed by atoms with Gasteiger partial charge in [-0.15, -0.1) is 0 Å². The zero-order valence-corrected chi connectivity index (χ0v) is 14.7. The van der Waals surface area contributed by atoms with E-state index in [0.29, 0.717) is 16.8 Å². The van der Waals surface area contributed by atoms with Gasteiger partial charge in [-0.1, -0.05) is 39.0 Å². The van der Waals surface area contributed by atoms with Crippen LogP contribution in [0.4, 0.5) is 5.69 Å². The molecule has 2 aromatic carbocycles. The largest absolute Gasteiger partial charge is 0.508 e. The van der Waals surface area contributed by atoms with Gasteiger partial charge in [0.15, 0.2) is 0 Å². The minimum atomic E-state index is -2.32. The lowest BCUT2D eigenvalue weighted by molar-refractivity contribution is -0.133. The lowest BCUT2D eigenvalue weighted by atomic mass is 9.73. The molecule has 0 saturated heterocycles. The Hall–Kier alpha value is -2.66. The summed E-state index contributed by atoms with van der Waals surface area (Å²) in [6, 6.07) is 11.0. The molecule has 1 unspecified atom stereocenters. The summed E-state index contributed by atoms with van der Waals surface area (Å²) >= 11 is 0. The molecule has 2 N–H and O–H groups in total. The third-order valence-corrected chi connectivity index (χ3v) is 4.65. The van der Waals surface area contributed by atoms with Gasteiger partial charge in [-0.3, -0.25) is 9.59 Å². The Morgan fingerprint density at radius 1 is 1.04 bits per heavy atom. The fourth-order valence-corrected chi connectivity index (χ4v) is 3.31. The van der Waals surface area contributed by atoms with E-state index in [9.17, 15) is 19.8 Å². The fourth-order valence-electron chi connectivity index (χ4n) is 3.31. The maximum Gasteiger partial charge on any atom is 0.271 e. The summed E-state index contributed by atoms with van der Waals surface area (Å²) in [5, 5.41) is 21.2. The molecule has 1 amide bonds. The number of phenolic OH excluding ortho intramolecular Hbond substituents is 1. The molecular weight excluding hydrogens is 318 g/mol. The number of phenols is 1. The van der Waals surface area contributed by atoms with E-state index in [0.717, 1.165) is 0 Å². The van der Waals surface area contributed by atoms with Crippen molar-refractivity contribution >= 4 is 17.4 Å². The van der Waals surface area contributed by atoms with E-state index >= 15 is 0 Å². The lowest BCUT2D eigenvalue weighted by Crippen LogP contribution is -2.55. The number of benzene rings is 2. The number of para-hydroxylation sites is 1. The fraction of sp³-hybridized carbons (Fsp3) is 0.300. The quantitative estimate of drug-likeness (QED) is 0.783. The van der Waals surface area contributed by atoms with Crippen molar-refractivity contribution in [1.82, 2.24) is 0 Å². The first-order chi connectivity index (χ1) is 11.6. The number of amides is 1. The molecule has 5 heteroatoms. The molecule has 1 atom stereocenters. The minimum absolute atomic E-state index is 0.0155. The first-order valence-corrected chi connectivity index (χ1v) is 8.07. The second kappa shape index (κ2) is 5.43. The van der Waals surface area contributed by atoms with Crippen LogP contribution < -0.4 is 4.90 Å². The number of hydrogen-bond acceptors (Lipinski definition) is 4. The molecule has 0 spiro atoms. The number of aliphatic hydroxyl groups is 1. The number of carbonyl (C=O) groups is 2. The third kappa shape index (κ3) is 2.43. The maximum absolute atomic E-state index is 13.1. The van der Waals surface area contributed by atoms with Crippen molar-refractivity contribution in [3.63, 3.8) is 0 Å². The molecule has 1 heterocycles. The van der Waals surface area contributed by atoms with Crippen molar-refractivity contribution in [2.24, 2.45) is 0 Å². The van der Waals surface area contributed by atoms with E-state index in [1.165, 1.54) is 30.1 Å². The number of ketones is 1. The summed E-state index contributed by atoms with van der Waals surface area (Å²) in [7, 11) is 1.54. The van der Waals surface area contributed by atoms with Gasteiger partial charge in [0.05, 0.1) is 5.69 Å². The molecule has 0 aliphatic carbocycles. The van der Waals surface area contributed by atoms with Crippen molar-refractivity contribution in [3.05, 3.63) is 59.2 Å². The van der Waals surface area contributed by atoms with Gasteiger partial charge in [-0.25, -0.2) is 0 Å². The van der Waals surface area contributed by atoms with Crippen LogP contribution in [0.15, 0.2) is 42.5 Å². The number of nitrogens with zero attached hydrogens (tertiary/aromatic N) is 1. The van der Waals surface area contributed by atoms with E-state index in [1.807, 2.05) is 20.8 Å². The molecule has 1 aliphatic heterocycles. The van der Waals surface area contributed by atoms with Crippen molar-refractivity contribution < 1.29 is 19.8 Å². The highest BCUT2D eigenvalue weighted by molar-refractivity contribution is 6.27. The van der Waals surface area contributed by atoms with Crippen LogP contribution >= 0.6 is 0 Å². The first-order valence-electron chi connectivity index (χ1n) is 8.07. The Kier molecular flexibility index (Phi) is 3.73. The predicted molar refractivity (Wildman–Crippen MR) is 94.9 cm³/mol. The molecule has 25 heavy (non-hydrogen) atoms. The van der Waals surface area contributed by atoms with Gasteiger partial charge in [0, 0.05) is 18.2 Å². The number of hydrogen-bond donors (Lipinski definition) is 2. The zero-order chi connectivity index (χ0) is 18.6. The number of likely N-dealkylation sites (N-methyl/N-ethyl adjacent to an activating group) is 1. The Bertz CT molecular complexity index is 882. The predicted octanol–water partition coefficient (Wildman–Crippen LogP) is 2.74. The van der Waals surface area contributed by atoms with Crippen molar-refractivity contribution in [1.29, 1.82) is 0 Å². The molecule has 5 nitrogen and oxygen atoms in total. The van der Waals surface area contributed by atoms with Crippen LogP contribution in [0.1, 0.15) is 42.3 Å². The third-order valence-electron chi connectivity index (χ3n) is 4.65. The van der Waals surface area contributed by atoms with Crippen LogP contribution in [-0.2, 0) is 15.8 Å². The summed E-state index contributed by atoms with van der Waals surface area (Å²) < 4.78 is 0. The molecule has 3 rings (SSSR count). The first kappa shape index (κ1) is 17.2. The standard InChI is InChI=1S/C20H21NO4/c1-19(2,3)15-11-12(22)9-10-14(15)20(25)17(23)13-7-5-6-8-16(13)21(4)18(20)24/h5-11,22,25H,1-4H3. The SMILES string of the molecule is CN1C(=O)C(O)(c2ccc(O)cc2C(C)(C)C)C(=O)c2ccccc21. The van der Waals surface area contributed by atoms with E-state index < -0.39 is 22.7 Å². The number of carbonyl (C=O) groups excluding carboxylic acids is 2. The number of fused-ring (bicyclic) bond motifs is 1. The number of aromatic hydroxyl groups is 1. The molecule has 2 aromatic rings. The molecule has 0 saturated carbocycles. The Balaban J connectivity index is 2.31. The van der Waals surface area contributed by atoms with Gasteiger partial charge < -0.3 is 15.1 Å². The van der Waals surface area contributed by atoms with E-state index in [-0.39, 0.29) is 11.3 Å². The van der Waals surface area contributed by atoms with Gasteiger partial charge in [0.25, 0.3) is 5.91 Å². The molecule has 0 aromatic heterocycles. The smallest absolute Gasteiger partial charge is 0.271 e. The minimum Gasteiger partial charge on any atom is -0.508 e. The van der Waals surface area contributed by atoms with Crippen LogP contribution in [0.3, 0.4) is 0 Å². The topological polar surface area (TPSA) is 77.8 Å². The van der Waals surface area contributed by atoms with E-state index in [1.54, 1.807) is 24.3 Å². The number of Topliss-reactive ketones (excluding diaryl/α,β-unsaturated/α-hetero) is 1. The van der Waals surface area contributed by atoms with Gasteiger partial charge >= 0.3 is 0 Å². The summed E-state index contributed by atoms with van der Waals surface area (Å²) in [5.41, 5.74) is -1.30. The Morgan fingerprint density at radius 2 is 1.68 bits per heavy atom. The van der Waals surface area contributed by atoms with Crippen LogP contribution in [0.2, 0.25) is 0 Å². The molecule has 0 bridgehead atoms. The number of rotatable bonds is 1. The van der Waals surface area contributed by atoms with Crippen molar-refractivity contribution in [2.45, 2.75) is 31.8 Å². The van der Waals surface area contributed by atoms with Crippen molar-refractivity contribution in [3.8, 4) is 5.75 Å². The van der Waals surface area contributed by atoms with Gasteiger partial charge in [-0.05, 0) is 35.2 Å². The van der Waals surface area contributed by atoms with E-state index in [4.69, 9.17) is 0 Å². The van der Waals surface area contributed by atoms with Crippen LogP contribution in [0.25, 0.3) is 0 Å². The van der Waals surface area contributed by atoms with Crippen LogP contribution in [-0.4, -0.2) is 29.0 Å². The highest BCUT2D eigenvalue weighted by Gasteiger charge is 2.53. The monoisotopic (exact) mass is 339 g/mol. The highest BCUT2D eigenvalue weighted by atomic mass is 16.3. The van der Waals surface area contributed by atoms with Crippen molar-refractivity contribution in [2.75, 3.05) is 11.9 Å². The summed E-state index contributed by atoms with van der Waals surface area (Å²) in [5.74, 6) is -1.34. The summed E-state index contributed by atoms with van der Waals surface area (Å²) in [6.45, 7) is 5.68. The molecule has 1 aliphatic rings. The van der Waals surface area contributed by atoms with Crippen LogP contribution in [0, 0.1) is 0 Å². The highest BCUT2D eigenvalue weighted by Crippen LogP contribution is 2.42. The van der Waals surface area contributed by atoms with Gasteiger partial charge in [0.1, 0.15) is 5.75 Å². The molecule has 130 valence electrons. The Labute approximate surface area is 146 Å². The van der Waals surface area contributed by atoms with Gasteiger partial charge in [-0.2, -0.15) is 0 Å². The zero-order valence-electron chi connectivity index (χ0n) is 14.7.